The monoisotopic (exact) mass is 564 g/mol. The van der Waals surface area contributed by atoms with Gasteiger partial charge in [0.05, 0.1) is 17.7 Å². The van der Waals surface area contributed by atoms with Gasteiger partial charge >= 0.3 is 0 Å². The Bertz CT molecular complexity index is 1480. The van der Waals surface area contributed by atoms with Crippen LogP contribution in [0, 0.1) is 26.7 Å². The fraction of sp³-hybridized carbons (Fsp3) is 0.353. The van der Waals surface area contributed by atoms with Crippen molar-refractivity contribution in [3.8, 4) is 24.0 Å². The second kappa shape index (κ2) is 16.1. The summed E-state index contributed by atoms with van der Waals surface area (Å²) in [4.78, 5) is 24.6. The standard InChI is InChI=1S/C30H36N8.C2H6.C2H2/c1-5-9-27(38-18-21(2)34-20-38)29-22(3)35-28(36-29)14-24-13-26(17-33-30(24)31-4)25-12-23(15-32-16-25)19-37-10-7-6-8-11-37;2*1-2/h5,9,12-13,15-18,20H,1,6-8,10-11,14,19H2,2-4H3,(H,31,33)(H,35,36);1-2H3;1-2H/b27-9+;;. The number of hydrogen-bond donors (Lipinski definition) is 2. The summed E-state index contributed by atoms with van der Waals surface area (Å²) in [5, 5.41) is 3.24. The summed E-state index contributed by atoms with van der Waals surface area (Å²) >= 11 is 0. The van der Waals surface area contributed by atoms with Crippen LogP contribution in [0.4, 0.5) is 5.82 Å². The lowest BCUT2D eigenvalue weighted by Gasteiger charge is -2.26. The molecule has 8 nitrogen and oxygen atoms in total. The quantitative estimate of drug-likeness (QED) is 0.175. The molecule has 4 aromatic rings. The summed E-state index contributed by atoms with van der Waals surface area (Å²) in [6.45, 7) is 15.2. The molecule has 0 aliphatic carbocycles. The molecule has 1 aliphatic rings. The summed E-state index contributed by atoms with van der Waals surface area (Å²) < 4.78 is 1.98. The first-order valence-electron chi connectivity index (χ1n) is 14.6. The number of likely N-dealkylation sites (tertiary alicyclic amines) is 1. The molecule has 1 aliphatic heterocycles. The van der Waals surface area contributed by atoms with Gasteiger partial charge in [-0.15, -0.1) is 12.8 Å². The average molecular weight is 565 g/mol. The van der Waals surface area contributed by atoms with Crippen LogP contribution in [0.1, 0.15) is 67.1 Å². The first-order chi connectivity index (χ1) is 20.5. The third-order valence-corrected chi connectivity index (χ3v) is 6.99. The summed E-state index contributed by atoms with van der Waals surface area (Å²) in [7, 11) is 1.90. The van der Waals surface area contributed by atoms with Crippen LogP contribution in [0.3, 0.4) is 0 Å². The molecule has 5 heterocycles. The van der Waals surface area contributed by atoms with E-state index in [9.17, 15) is 0 Å². The molecule has 42 heavy (non-hydrogen) atoms. The molecule has 0 saturated carbocycles. The summed E-state index contributed by atoms with van der Waals surface area (Å²) in [5.41, 5.74) is 8.19. The van der Waals surface area contributed by atoms with Crippen LogP contribution in [0.15, 0.2) is 62.0 Å². The number of piperidine rings is 1. The van der Waals surface area contributed by atoms with Gasteiger partial charge in [0.2, 0.25) is 0 Å². The fourth-order valence-corrected chi connectivity index (χ4v) is 5.12. The molecular weight excluding hydrogens is 520 g/mol. The molecular formula is C34H44N8. The Morgan fingerprint density at radius 3 is 2.45 bits per heavy atom. The predicted molar refractivity (Wildman–Crippen MR) is 174 cm³/mol. The van der Waals surface area contributed by atoms with Crippen LogP contribution in [0.2, 0.25) is 0 Å². The van der Waals surface area contributed by atoms with Crippen molar-refractivity contribution in [2.45, 2.75) is 59.9 Å². The highest BCUT2D eigenvalue weighted by molar-refractivity contribution is 5.67. The number of hydrogen-bond acceptors (Lipinski definition) is 6. The second-order valence-corrected chi connectivity index (χ2v) is 9.94. The number of terminal acetylenes is 1. The fourth-order valence-electron chi connectivity index (χ4n) is 5.12. The molecule has 0 spiro atoms. The van der Waals surface area contributed by atoms with E-state index in [4.69, 9.17) is 9.97 Å². The number of rotatable bonds is 9. The zero-order valence-corrected chi connectivity index (χ0v) is 25.7. The lowest BCUT2D eigenvalue weighted by atomic mass is 10.0. The minimum absolute atomic E-state index is 0.614. The van der Waals surface area contributed by atoms with Gasteiger partial charge < -0.3 is 14.9 Å². The number of nitrogens with one attached hydrogen (secondary N) is 2. The van der Waals surface area contributed by atoms with Gasteiger partial charge in [0, 0.05) is 67.2 Å². The first-order valence-corrected chi connectivity index (χ1v) is 14.6. The SMILES string of the molecule is C#C.C=C/C=C(\c1nc(Cc2cc(-c3cncc(CN4CCCCC4)c3)cnc2NC)[nH]c1C)n1cnc(C)c1.CC. The number of aromatic amines is 1. The van der Waals surface area contributed by atoms with Gasteiger partial charge in [-0.25, -0.2) is 15.0 Å². The molecule has 0 aromatic carbocycles. The van der Waals surface area contributed by atoms with Crippen molar-refractivity contribution in [3.05, 3.63) is 96.0 Å². The zero-order valence-electron chi connectivity index (χ0n) is 25.7. The average Bonchev–Trinajstić information content (AvgIpc) is 3.63. The van der Waals surface area contributed by atoms with E-state index in [0.29, 0.717) is 6.42 Å². The van der Waals surface area contributed by atoms with Crippen LogP contribution >= 0.6 is 0 Å². The van der Waals surface area contributed by atoms with E-state index in [2.05, 4.69) is 56.7 Å². The highest BCUT2D eigenvalue weighted by atomic mass is 15.1. The molecule has 0 radical (unpaired) electrons. The third kappa shape index (κ3) is 8.05. The van der Waals surface area contributed by atoms with Crippen molar-refractivity contribution in [2.75, 3.05) is 25.5 Å². The molecule has 0 amide bonds. The topological polar surface area (TPSA) is 87.5 Å². The molecule has 1 saturated heterocycles. The number of aryl methyl sites for hydroxylation is 2. The highest BCUT2D eigenvalue weighted by Crippen LogP contribution is 2.27. The second-order valence-electron chi connectivity index (χ2n) is 9.94. The smallest absolute Gasteiger partial charge is 0.129 e. The number of pyridine rings is 2. The summed E-state index contributed by atoms with van der Waals surface area (Å²) in [6, 6.07) is 4.44. The maximum absolute atomic E-state index is 4.97. The van der Waals surface area contributed by atoms with Gasteiger partial charge in [-0.1, -0.05) is 32.9 Å². The summed E-state index contributed by atoms with van der Waals surface area (Å²) in [6.07, 6.45) is 25.9. The van der Waals surface area contributed by atoms with Crippen LogP contribution < -0.4 is 5.32 Å². The number of H-pyrrole nitrogens is 1. The van der Waals surface area contributed by atoms with Gasteiger partial charge in [-0.3, -0.25) is 9.88 Å². The van der Waals surface area contributed by atoms with Crippen LogP contribution in [0.25, 0.3) is 16.8 Å². The normalized spacial score (nSPS) is 13.4. The minimum atomic E-state index is 0.614. The maximum atomic E-state index is 4.97. The van der Waals surface area contributed by atoms with Crippen LogP contribution in [-0.4, -0.2) is 54.5 Å². The zero-order chi connectivity index (χ0) is 30.5. The number of nitrogens with zero attached hydrogens (tertiary/aromatic N) is 6. The van der Waals surface area contributed by atoms with Crippen LogP contribution in [0.5, 0.6) is 0 Å². The Balaban J connectivity index is 0.00000116. The van der Waals surface area contributed by atoms with E-state index in [1.165, 1.54) is 37.9 Å². The van der Waals surface area contributed by atoms with Crippen molar-refractivity contribution in [3.63, 3.8) is 0 Å². The van der Waals surface area contributed by atoms with E-state index >= 15 is 0 Å². The van der Waals surface area contributed by atoms with Crippen molar-refractivity contribution in [2.24, 2.45) is 0 Å². The van der Waals surface area contributed by atoms with Crippen LogP contribution in [-0.2, 0) is 13.0 Å². The van der Waals surface area contributed by atoms with Crippen molar-refractivity contribution in [1.82, 2.24) is 34.4 Å². The Morgan fingerprint density at radius 2 is 1.79 bits per heavy atom. The van der Waals surface area contributed by atoms with E-state index in [0.717, 1.165) is 57.7 Å². The van der Waals surface area contributed by atoms with Gasteiger partial charge in [0.1, 0.15) is 17.3 Å². The molecule has 8 heteroatoms. The lowest BCUT2D eigenvalue weighted by molar-refractivity contribution is 0.220. The minimum Gasteiger partial charge on any atom is -0.373 e. The molecule has 2 N–H and O–H groups in total. The van der Waals surface area contributed by atoms with Crippen molar-refractivity contribution >= 4 is 11.5 Å². The third-order valence-electron chi connectivity index (χ3n) is 6.99. The molecule has 220 valence electrons. The number of aromatic nitrogens is 6. The molecule has 0 bridgehead atoms. The predicted octanol–water partition coefficient (Wildman–Crippen LogP) is 6.65. The van der Waals surface area contributed by atoms with Crippen molar-refractivity contribution in [1.29, 1.82) is 0 Å². The van der Waals surface area contributed by atoms with Crippen molar-refractivity contribution < 1.29 is 0 Å². The molecule has 5 rings (SSSR count). The first kappa shape index (κ1) is 32.0. The largest absolute Gasteiger partial charge is 0.373 e. The number of allylic oxidation sites excluding steroid dienone is 2. The number of anilines is 1. The van der Waals surface area contributed by atoms with Gasteiger partial charge in [0.25, 0.3) is 0 Å². The van der Waals surface area contributed by atoms with E-state index in [1.54, 1.807) is 12.4 Å². The maximum Gasteiger partial charge on any atom is 0.129 e. The van der Waals surface area contributed by atoms with Gasteiger partial charge in [-0.2, -0.15) is 0 Å². The van der Waals surface area contributed by atoms with E-state index < -0.39 is 0 Å². The van der Waals surface area contributed by atoms with E-state index in [1.807, 2.05) is 70.2 Å². The Hall–Kier alpha value is -4.48. The lowest BCUT2D eigenvalue weighted by Crippen LogP contribution is -2.29. The highest BCUT2D eigenvalue weighted by Gasteiger charge is 2.16. The summed E-state index contributed by atoms with van der Waals surface area (Å²) in [5.74, 6) is 1.71. The molecule has 4 aromatic heterocycles. The Labute approximate surface area is 251 Å². The van der Waals surface area contributed by atoms with Gasteiger partial charge in [-0.05, 0) is 63.6 Å². The number of imidazole rings is 2. The Kier molecular flexibility index (Phi) is 12.3. The Morgan fingerprint density at radius 1 is 1.05 bits per heavy atom. The molecule has 0 unspecified atom stereocenters. The van der Waals surface area contributed by atoms with Gasteiger partial charge in [0.15, 0.2) is 0 Å². The molecule has 1 fully saturated rings. The molecule has 0 atom stereocenters. The van der Waals surface area contributed by atoms with E-state index in [-0.39, 0.29) is 0 Å².